The summed E-state index contributed by atoms with van der Waals surface area (Å²) in [5.74, 6) is -0.522. The summed E-state index contributed by atoms with van der Waals surface area (Å²) < 4.78 is 21.8. The highest BCUT2D eigenvalue weighted by atomic mass is 35.5. The fourth-order valence-electron chi connectivity index (χ4n) is 3.28. The number of nitrogens with one attached hydrogen (secondary N) is 1. The Bertz CT molecular complexity index is 1400. The third-order valence-electron chi connectivity index (χ3n) is 4.94. The van der Waals surface area contributed by atoms with Crippen molar-refractivity contribution in [2.75, 3.05) is 11.1 Å². The first kappa shape index (κ1) is 25.1. The molecule has 0 aliphatic heterocycles. The van der Waals surface area contributed by atoms with Gasteiger partial charge in [0.25, 0.3) is 5.69 Å². The van der Waals surface area contributed by atoms with Gasteiger partial charge in [0.05, 0.1) is 21.4 Å². The van der Waals surface area contributed by atoms with Gasteiger partial charge < -0.3 is 10.1 Å². The molecule has 36 heavy (non-hydrogen) atoms. The number of para-hydroxylation sites is 2. The van der Waals surface area contributed by atoms with Gasteiger partial charge >= 0.3 is 0 Å². The van der Waals surface area contributed by atoms with Gasteiger partial charge in [-0.25, -0.2) is 4.39 Å². The molecule has 9 nitrogen and oxygen atoms in total. The average molecular weight is 528 g/mol. The number of carbonyl (C=O) groups is 1. The van der Waals surface area contributed by atoms with Crippen molar-refractivity contribution >= 4 is 40.6 Å². The Kier molecular flexibility index (Phi) is 7.81. The summed E-state index contributed by atoms with van der Waals surface area (Å²) in [6.45, 7) is 1.80. The number of non-ortho nitro benzene ring substituents is 1. The molecule has 1 unspecified atom stereocenters. The largest absolute Gasteiger partial charge is 0.481 e. The molecule has 0 aliphatic carbocycles. The van der Waals surface area contributed by atoms with Gasteiger partial charge in [-0.1, -0.05) is 53.7 Å². The minimum Gasteiger partial charge on any atom is -0.481 e. The molecule has 0 saturated heterocycles. The molecule has 1 heterocycles. The molecule has 12 heteroatoms. The minimum atomic E-state index is -0.778. The molecule has 184 valence electrons. The van der Waals surface area contributed by atoms with Crippen molar-refractivity contribution in [1.82, 2.24) is 14.8 Å². The normalized spacial score (nSPS) is 11.6. The van der Waals surface area contributed by atoms with E-state index in [2.05, 4.69) is 15.5 Å². The van der Waals surface area contributed by atoms with Gasteiger partial charge in [-0.3, -0.25) is 19.5 Å². The zero-order chi connectivity index (χ0) is 25.7. The Balaban J connectivity index is 1.55. The van der Waals surface area contributed by atoms with Crippen LogP contribution in [0.15, 0.2) is 78.0 Å². The summed E-state index contributed by atoms with van der Waals surface area (Å²) in [5.41, 5.74) is 0.141. The molecular formula is C24H19ClFN5O4S. The van der Waals surface area contributed by atoms with Crippen molar-refractivity contribution in [3.05, 3.63) is 99.6 Å². The standard InChI is InChI=1S/C24H19ClFN5O4S/c1-15(35-21-10-6-5-9-18(21)25)23-28-29-24(30(23)16-7-3-2-4-8-16)36-14-22(32)27-20-13-17(31(33)34)11-12-19(20)26/h2-13,15H,14H2,1H3,(H,27,32). The summed E-state index contributed by atoms with van der Waals surface area (Å²) in [6, 6.07) is 19.3. The van der Waals surface area contributed by atoms with Crippen molar-refractivity contribution < 1.29 is 18.8 Å². The molecule has 1 N–H and O–H groups in total. The van der Waals surface area contributed by atoms with Gasteiger partial charge in [0, 0.05) is 17.8 Å². The SMILES string of the molecule is CC(Oc1ccccc1Cl)c1nnc(SCC(=O)Nc2cc([N+](=O)[O-])ccc2F)n1-c1ccccc1. The zero-order valence-electron chi connectivity index (χ0n) is 18.8. The van der Waals surface area contributed by atoms with E-state index < -0.39 is 22.8 Å². The Morgan fingerprint density at radius 1 is 1.17 bits per heavy atom. The second-order valence-electron chi connectivity index (χ2n) is 7.46. The number of carbonyl (C=O) groups excluding carboxylic acids is 1. The van der Waals surface area contributed by atoms with E-state index in [0.29, 0.717) is 21.8 Å². The van der Waals surface area contributed by atoms with Crippen LogP contribution in [0.4, 0.5) is 15.8 Å². The minimum absolute atomic E-state index is 0.146. The van der Waals surface area contributed by atoms with Crippen LogP contribution < -0.4 is 10.1 Å². The van der Waals surface area contributed by atoms with E-state index in [0.717, 1.165) is 35.6 Å². The van der Waals surface area contributed by atoms with E-state index in [1.165, 1.54) is 0 Å². The predicted molar refractivity (Wildman–Crippen MR) is 134 cm³/mol. The smallest absolute Gasteiger partial charge is 0.271 e. The monoisotopic (exact) mass is 527 g/mol. The van der Waals surface area contributed by atoms with Crippen molar-refractivity contribution in [2.45, 2.75) is 18.2 Å². The van der Waals surface area contributed by atoms with Gasteiger partial charge in [-0.05, 0) is 37.3 Å². The van der Waals surface area contributed by atoms with Crippen LogP contribution in [-0.2, 0) is 4.79 Å². The van der Waals surface area contributed by atoms with E-state index in [9.17, 15) is 19.3 Å². The molecule has 0 radical (unpaired) electrons. The number of hydrogen-bond donors (Lipinski definition) is 1. The quantitative estimate of drug-likeness (QED) is 0.165. The first-order valence-electron chi connectivity index (χ1n) is 10.6. The molecule has 4 rings (SSSR count). The lowest BCUT2D eigenvalue weighted by molar-refractivity contribution is -0.384. The number of hydrogen-bond acceptors (Lipinski definition) is 7. The number of ether oxygens (including phenoxy) is 1. The van der Waals surface area contributed by atoms with Gasteiger partial charge in [-0.15, -0.1) is 10.2 Å². The number of rotatable bonds is 9. The third kappa shape index (κ3) is 5.81. The number of nitrogens with zero attached hydrogens (tertiary/aromatic N) is 4. The lowest BCUT2D eigenvalue weighted by Gasteiger charge is -2.17. The summed E-state index contributed by atoms with van der Waals surface area (Å²) >= 11 is 7.30. The van der Waals surface area contributed by atoms with Crippen LogP contribution in [-0.4, -0.2) is 31.3 Å². The van der Waals surface area contributed by atoms with E-state index in [1.54, 1.807) is 35.8 Å². The predicted octanol–water partition coefficient (Wildman–Crippen LogP) is 5.84. The molecular weight excluding hydrogens is 509 g/mol. The molecule has 1 atom stereocenters. The maximum atomic E-state index is 14.0. The van der Waals surface area contributed by atoms with E-state index in [1.807, 2.05) is 30.3 Å². The maximum absolute atomic E-state index is 14.0. The Labute approximate surface area is 214 Å². The van der Waals surface area contributed by atoms with Gasteiger partial charge in [-0.2, -0.15) is 0 Å². The third-order valence-corrected chi connectivity index (χ3v) is 6.19. The number of halogens is 2. The van der Waals surface area contributed by atoms with E-state index in [-0.39, 0.29) is 17.1 Å². The molecule has 4 aromatic rings. The van der Waals surface area contributed by atoms with Crippen LogP contribution in [0.3, 0.4) is 0 Å². The summed E-state index contributed by atoms with van der Waals surface area (Å²) in [6.07, 6.45) is -0.542. The first-order chi connectivity index (χ1) is 17.3. The molecule has 0 saturated carbocycles. The van der Waals surface area contributed by atoms with Crippen LogP contribution in [0.5, 0.6) is 5.75 Å². The number of nitro benzene ring substituents is 1. The summed E-state index contributed by atoms with van der Waals surface area (Å²) in [4.78, 5) is 22.8. The lowest BCUT2D eigenvalue weighted by atomic mass is 10.2. The fraction of sp³-hybridized carbons (Fsp3) is 0.125. The first-order valence-corrected chi connectivity index (χ1v) is 12.0. The lowest BCUT2D eigenvalue weighted by Crippen LogP contribution is -2.16. The highest BCUT2D eigenvalue weighted by Crippen LogP contribution is 2.31. The van der Waals surface area contributed by atoms with Crippen molar-refractivity contribution in [3.8, 4) is 11.4 Å². The molecule has 0 fully saturated rings. The number of benzene rings is 3. The van der Waals surface area contributed by atoms with Gasteiger partial charge in [0.1, 0.15) is 11.6 Å². The summed E-state index contributed by atoms with van der Waals surface area (Å²) in [7, 11) is 0. The average Bonchev–Trinajstić information content (AvgIpc) is 3.30. The highest BCUT2D eigenvalue weighted by molar-refractivity contribution is 7.99. The number of amides is 1. The molecule has 0 spiro atoms. The van der Waals surface area contributed by atoms with Crippen LogP contribution >= 0.6 is 23.4 Å². The molecule has 0 bridgehead atoms. The van der Waals surface area contributed by atoms with Crippen LogP contribution in [0.2, 0.25) is 5.02 Å². The highest BCUT2D eigenvalue weighted by Gasteiger charge is 2.22. The van der Waals surface area contributed by atoms with Crippen LogP contribution in [0, 0.1) is 15.9 Å². The van der Waals surface area contributed by atoms with E-state index >= 15 is 0 Å². The number of thioether (sulfide) groups is 1. The fourth-order valence-corrected chi connectivity index (χ4v) is 4.22. The number of nitro groups is 1. The van der Waals surface area contributed by atoms with E-state index in [4.69, 9.17) is 16.3 Å². The second-order valence-corrected chi connectivity index (χ2v) is 8.81. The zero-order valence-corrected chi connectivity index (χ0v) is 20.4. The van der Waals surface area contributed by atoms with Crippen molar-refractivity contribution in [1.29, 1.82) is 0 Å². The molecule has 3 aromatic carbocycles. The molecule has 0 aliphatic rings. The number of anilines is 1. The number of aromatic nitrogens is 3. The van der Waals surface area contributed by atoms with Crippen molar-refractivity contribution in [3.63, 3.8) is 0 Å². The topological polar surface area (TPSA) is 112 Å². The summed E-state index contributed by atoms with van der Waals surface area (Å²) in [5, 5.41) is 22.7. The maximum Gasteiger partial charge on any atom is 0.271 e. The van der Waals surface area contributed by atoms with Gasteiger partial charge in [0.2, 0.25) is 5.91 Å². The second kappa shape index (κ2) is 11.2. The van der Waals surface area contributed by atoms with Crippen LogP contribution in [0.1, 0.15) is 18.9 Å². The molecule has 1 aromatic heterocycles. The van der Waals surface area contributed by atoms with Gasteiger partial charge in [0.15, 0.2) is 17.1 Å². The van der Waals surface area contributed by atoms with Crippen LogP contribution in [0.25, 0.3) is 5.69 Å². The molecule has 1 amide bonds. The Morgan fingerprint density at radius 3 is 2.61 bits per heavy atom. The van der Waals surface area contributed by atoms with Crippen molar-refractivity contribution in [2.24, 2.45) is 0 Å². The Morgan fingerprint density at radius 2 is 1.89 bits per heavy atom. The Hall–Kier alpha value is -3.96.